The number of hydrogen-bond acceptors (Lipinski definition) is 3. The van der Waals surface area contributed by atoms with Crippen LogP contribution < -0.4 is 10.1 Å². The first kappa shape index (κ1) is 11.4. The molecule has 0 aliphatic carbocycles. The lowest BCUT2D eigenvalue weighted by Gasteiger charge is -2.16. The molecule has 1 N–H and O–H groups in total. The molecule has 1 heterocycles. The Balaban J connectivity index is 2.20. The summed E-state index contributed by atoms with van der Waals surface area (Å²) in [6.45, 7) is 1.15. The van der Waals surface area contributed by atoms with E-state index in [1.165, 1.54) is 12.1 Å². The van der Waals surface area contributed by atoms with Crippen LogP contribution in [0.5, 0.6) is 5.75 Å². The highest BCUT2D eigenvalue weighted by Gasteiger charge is 2.20. The largest absolute Gasteiger partial charge is 0.467 e. The summed E-state index contributed by atoms with van der Waals surface area (Å²) in [4.78, 5) is 0. The predicted octanol–water partition coefficient (Wildman–Crippen LogP) is 2.23. The maximum atomic E-state index is 13.1. The molecule has 1 aliphatic rings. The van der Waals surface area contributed by atoms with E-state index in [0.717, 1.165) is 24.9 Å². The van der Waals surface area contributed by atoms with E-state index in [9.17, 15) is 4.39 Å². The van der Waals surface area contributed by atoms with Crippen molar-refractivity contribution in [3.63, 3.8) is 0 Å². The molecule has 0 aromatic heterocycles. The summed E-state index contributed by atoms with van der Waals surface area (Å²) in [6, 6.07) is 4.93. The molecule has 2 rings (SSSR count). The van der Waals surface area contributed by atoms with Crippen molar-refractivity contribution in [3.8, 4) is 5.75 Å². The van der Waals surface area contributed by atoms with Gasteiger partial charge in [0.25, 0.3) is 0 Å². The van der Waals surface area contributed by atoms with Crippen molar-refractivity contribution >= 4 is 0 Å². The molecule has 1 aromatic rings. The van der Waals surface area contributed by atoms with E-state index in [0.29, 0.717) is 5.75 Å². The zero-order valence-corrected chi connectivity index (χ0v) is 9.33. The van der Waals surface area contributed by atoms with Gasteiger partial charge in [-0.15, -0.1) is 0 Å². The molecular formula is C12H16FNO2. The van der Waals surface area contributed by atoms with E-state index in [1.54, 1.807) is 13.2 Å². The van der Waals surface area contributed by atoms with E-state index < -0.39 is 0 Å². The van der Waals surface area contributed by atoms with Crippen LogP contribution in [0.1, 0.15) is 24.4 Å². The second kappa shape index (κ2) is 5.27. The average Bonchev–Trinajstić information content (AvgIpc) is 2.80. The Labute approximate surface area is 94.6 Å². The van der Waals surface area contributed by atoms with Gasteiger partial charge in [-0.05, 0) is 25.5 Å². The molecule has 4 heteroatoms. The fourth-order valence-electron chi connectivity index (χ4n) is 1.99. The molecule has 0 spiro atoms. The molecule has 1 fully saturated rings. The van der Waals surface area contributed by atoms with Crippen molar-refractivity contribution in [1.82, 2.24) is 5.32 Å². The van der Waals surface area contributed by atoms with Gasteiger partial charge in [-0.3, -0.25) is 0 Å². The fourth-order valence-corrected chi connectivity index (χ4v) is 1.99. The molecular weight excluding hydrogens is 209 g/mol. The van der Waals surface area contributed by atoms with Gasteiger partial charge in [0, 0.05) is 24.8 Å². The molecule has 0 radical (unpaired) electrons. The first-order valence-electron chi connectivity index (χ1n) is 5.46. The summed E-state index contributed by atoms with van der Waals surface area (Å²) in [6.07, 6.45) is 2.21. The van der Waals surface area contributed by atoms with Gasteiger partial charge >= 0.3 is 0 Å². The van der Waals surface area contributed by atoms with Crippen molar-refractivity contribution < 1.29 is 13.9 Å². The van der Waals surface area contributed by atoms with Crippen molar-refractivity contribution in [3.05, 3.63) is 29.6 Å². The van der Waals surface area contributed by atoms with E-state index in [4.69, 9.17) is 9.47 Å². The van der Waals surface area contributed by atoms with E-state index in [2.05, 4.69) is 5.32 Å². The third kappa shape index (κ3) is 2.51. The molecule has 1 saturated heterocycles. The van der Waals surface area contributed by atoms with Gasteiger partial charge in [0.1, 0.15) is 11.6 Å². The number of hydrogen-bond donors (Lipinski definition) is 1. The normalized spacial score (nSPS) is 20.0. The molecule has 3 nitrogen and oxygen atoms in total. The number of ether oxygens (including phenoxy) is 2. The summed E-state index contributed by atoms with van der Waals surface area (Å²) >= 11 is 0. The van der Waals surface area contributed by atoms with Gasteiger partial charge < -0.3 is 14.8 Å². The highest BCUT2D eigenvalue weighted by molar-refractivity contribution is 5.37. The number of benzene rings is 1. The van der Waals surface area contributed by atoms with Gasteiger partial charge in [-0.2, -0.15) is 0 Å². The number of halogens is 1. The highest BCUT2D eigenvalue weighted by Crippen LogP contribution is 2.31. The number of rotatable bonds is 4. The van der Waals surface area contributed by atoms with E-state index in [1.807, 2.05) is 0 Å². The second-order valence-corrected chi connectivity index (χ2v) is 3.88. The third-order valence-corrected chi connectivity index (χ3v) is 2.74. The predicted molar refractivity (Wildman–Crippen MR) is 58.9 cm³/mol. The minimum Gasteiger partial charge on any atom is -0.467 e. The molecule has 0 bridgehead atoms. The summed E-state index contributed by atoms with van der Waals surface area (Å²) < 4.78 is 23.3. The van der Waals surface area contributed by atoms with Gasteiger partial charge in [0.2, 0.25) is 0 Å². The molecule has 0 saturated carbocycles. The number of nitrogens with one attached hydrogen (secondary N) is 1. The topological polar surface area (TPSA) is 30.5 Å². The summed E-state index contributed by atoms with van der Waals surface area (Å²) in [5, 5.41) is 3.37. The molecule has 0 amide bonds. The van der Waals surface area contributed by atoms with Crippen LogP contribution in [0.4, 0.5) is 4.39 Å². The Morgan fingerprint density at radius 1 is 1.50 bits per heavy atom. The lowest BCUT2D eigenvalue weighted by Crippen LogP contribution is -2.14. The second-order valence-electron chi connectivity index (χ2n) is 3.88. The van der Waals surface area contributed by atoms with Gasteiger partial charge in [0.05, 0.1) is 0 Å². The minimum atomic E-state index is -0.284. The van der Waals surface area contributed by atoms with Gasteiger partial charge in [0.15, 0.2) is 6.79 Å². The Morgan fingerprint density at radius 3 is 3.06 bits per heavy atom. The smallest absolute Gasteiger partial charge is 0.188 e. The van der Waals surface area contributed by atoms with Crippen LogP contribution in [0.3, 0.4) is 0 Å². The first-order valence-corrected chi connectivity index (χ1v) is 5.46. The van der Waals surface area contributed by atoms with E-state index in [-0.39, 0.29) is 18.7 Å². The van der Waals surface area contributed by atoms with Crippen LogP contribution in [-0.2, 0) is 4.74 Å². The highest BCUT2D eigenvalue weighted by atomic mass is 19.1. The molecule has 1 aromatic carbocycles. The standard InChI is InChI=1S/C12H16FNO2/c1-15-8-16-12-7-9(13)4-5-10(12)11-3-2-6-14-11/h4-5,7,11,14H,2-3,6,8H2,1H3. The van der Waals surface area contributed by atoms with Gasteiger partial charge in [-0.1, -0.05) is 6.07 Å². The molecule has 1 atom stereocenters. The van der Waals surface area contributed by atoms with Crippen molar-refractivity contribution in [2.24, 2.45) is 0 Å². The summed E-state index contributed by atoms with van der Waals surface area (Å²) in [7, 11) is 1.55. The van der Waals surface area contributed by atoms with E-state index >= 15 is 0 Å². The van der Waals surface area contributed by atoms with Crippen LogP contribution in [0.25, 0.3) is 0 Å². The van der Waals surface area contributed by atoms with Gasteiger partial charge in [-0.25, -0.2) is 4.39 Å². The maximum absolute atomic E-state index is 13.1. The maximum Gasteiger partial charge on any atom is 0.188 e. The lowest BCUT2D eigenvalue weighted by atomic mass is 10.0. The van der Waals surface area contributed by atoms with Crippen molar-refractivity contribution in [2.75, 3.05) is 20.4 Å². The zero-order valence-electron chi connectivity index (χ0n) is 9.33. The lowest BCUT2D eigenvalue weighted by molar-refractivity contribution is 0.0499. The van der Waals surface area contributed by atoms with Crippen LogP contribution >= 0.6 is 0 Å². The zero-order chi connectivity index (χ0) is 11.4. The number of methoxy groups -OCH3 is 1. The molecule has 1 aliphatic heterocycles. The Morgan fingerprint density at radius 2 is 2.38 bits per heavy atom. The third-order valence-electron chi connectivity index (χ3n) is 2.74. The van der Waals surface area contributed by atoms with Crippen LogP contribution in [0.15, 0.2) is 18.2 Å². The fraction of sp³-hybridized carbons (Fsp3) is 0.500. The summed E-state index contributed by atoms with van der Waals surface area (Å²) in [5.41, 5.74) is 1.01. The summed E-state index contributed by atoms with van der Waals surface area (Å²) in [5.74, 6) is 0.286. The molecule has 88 valence electrons. The van der Waals surface area contributed by atoms with Crippen molar-refractivity contribution in [1.29, 1.82) is 0 Å². The minimum absolute atomic E-state index is 0.142. The average molecular weight is 225 g/mol. The molecule has 1 unspecified atom stereocenters. The van der Waals surface area contributed by atoms with Crippen molar-refractivity contribution in [2.45, 2.75) is 18.9 Å². The van der Waals surface area contributed by atoms with Crippen LogP contribution in [0.2, 0.25) is 0 Å². The monoisotopic (exact) mass is 225 g/mol. The Bertz CT molecular complexity index is 351. The Hall–Kier alpha value is -1.13. The van der Waals surface area contributed by atoms with Crippen LogP contribution in [-0.4, -0.2) is 20.4 Å². The quantitative estimate of drug-likeness (QED) is 0.797. The Kier molecular flexibility index (Phi) is 3.74. The SMILES string of the molecule is COCOc1cc(F)ccc1C1CCCN1. The van der Waals surface area contributed by atoms with Crippen LogP contribution in [0, 0.1) is 5.82 Å². The first-order chi connectivity index (χ1) is 7.81. The molecule has 16 heavy (non-hydrogen) atoms.